The van der Waals surface area contributed by atoms with Crippen molar-refractivity contribution in [1.29, 1.82) is 0 Å². The normalized spacial score (nSPS) is 23.1. The molecule has 0 bridgehead atoms. The van der Waals surface area contributed by atoms with Gasteiger partial charge in [0, 0.05) is 0 Å². The van der Waals surface area contributed by atoms with Crippen molar-refractivity contribution in [3.05, 3.63) is 47.5 Å². The predicted octanol–water partition coefficient (Wildman–Crippen LogP) is 2.19. The number of fused-ring (bicyclic) bond motifs is 2. The van der Waals surface area contributed by atoms with Crippen LogP contribution in [0.1, 0.15) is 53.8 Å². The molecule has 1 aromatic carbocycles. The molecule has 1 fully saturated rings. The van der Waals surface area contributed by atoms with Gasteiger partial charge in [-0.15, -0.1) is 0 Å². The highest BCUT2D eigenvalue weighted by Crippen LogP contribution is 2.37. The summed E-state index contributed by atoms with van der Waals surface area (Å²) >= 11 is 0. The zero-order chi connectivity index (χ0) is 23.0. The summed E-state index contributed by atoms with van der Waals surface area (Å²) in [6, 6.07) is 5.52. The van der Waals surface area contributed by atoms with Gasteiger partial charge in [0.05, 0.1) is 29.5 Å². The molecule has 0 aromatic heterocycles. The third kappa shape index (κ3) is 3.74. The second-order valence-electron chi connectivity index (χ2n) is 8.82. The number of carbonyl (C=O) groups excluding carboxylic acids is 5. The number of allylic oxidation sites excluding steroid dienone is 2. The van der Waals surface area contributed by atoms with Crippen molar-refractivity contribution in [2.24, 2.45) is 17.8 Å². The van der Waals surface area contributed by atoms with Crippen molar-refractivity contribution < 1.29 is 28.7 Å². The fraction of sp³-hybridized carbons (Fsp3) is 0.458. The number of rotatable bonds is 7. The molecule has 3 atom stereocenters. The van der Waals surface area contributed by atoms with Crippen molar-refractivity contribution in [2.75, 3.05) is 13.2 Å². The van der Waals surface area contributed by atoms with E-state index in [-0.39, 0.29) is 37.3 Å². The van der Waals surface area contributed by atoms with Crippen LogP contribution in [-0.4, -0.2) is 58.6 Å². The Hall–Kier alpha value is -3.29. The standard InChI is InChI=1S/C24H26N2O6/c1-14(2)13-19(26-22(29)17-9-5-6-10-18(17)23(26)30)24(31)32-12-11-25-20(27)15-7-3-4-8-16(15)21(25)28/h3-8,14,17-19H,9-13H2,1-2H3. The molecule has 3 unspecified atom stereocenters. The van der Waals surface area contributed by atoms with Crippen LogP contribution in [0.25, 0.3) is 0 Å². The van der Waals surface area contributed by atoms with Gasteiger partial charge in [-0.3, -0.25) is 29.0 Å². The smallest absolute Gasteiger partial charge is 0.329 e. The van der Waals surface area contributed by atoms with Crippen LogP contribution in [0.5, 0.6) is 0 Å². The first-order valence-electron chi connectivity index (χ1n) is 10.9. The van der Waals surface area contributed by atoms with Gasteiger partial charge in [-0.25, -0.2) is 4.79 Å². The van der Waals surface area contributed by atoms with E-state index in [1.54, 1.807) is 24.3 Å². The fourth-order valence-electron chi connectivity index (χ4n) is 4.66. The van der Waals surface area contributed by atoms with Crippen molar-refractivity contribution >= 4 is 29.6 Å². The molecule has 32 heavy (non-hydrogen) atoms. The summed E-state index contributed by atoms with van der Waals surface area (Å²) in [6.07, 6.45) is 5.07. The van der Waals surface area contributed by atoms with E-state index in [9.17, 15) is 24.0 Å². The second-order valence-corrected chi connectivity index (χ2v) is 8.82. The van der Waals surface area contributed by atoms with E-state index in [4.69, 9.17) is 4.74 Å². The lowest BCUT2D eigenvalue weighted by Gasteiger charge is -2.26. The van der Waals surface area contributed by atoms with E-state index in [1.165, 1.54) is 0 Å². The van der Waals surface area contributed by atoms with Gasteiger partial charge in [-0.2, -0.15) is 0 Å². The van der Waals surface area contributed by atoms with Crippen molar-refractivity contribution in [1.82, 2.24) is 9.80 Å². The van der Waals surface area contributed by atoms with E-state index in [1.807, 2.05) is 26.0 Å². The summed E-state index contributed by atoms with van der Waals surface area (Å²) < 4.78 is 5.38. The molecule has 168 valence electrons. The Kier molecular flexibility index (Phi) is 5.95. The molecule has 0 radical (unpaired) electrons. The van der Waals surface area contributed by atoms with Crippen LogP contribution in [0, 0.1) is 17.8 Å². The molecule has 0 N–H and O–H groups in total. The van der Waals surface area contributed by atoms with Crippen molar-refractivity contribution in [2.45, 2.75) is 39.2 Å². The monoisotopic (exact) mass is 438 g/mol. The zero-order valence-electron chi connectivity index (χ0n) is 18.2. The summed E-state index contributed by atoms with van der Waals surface area (Å²) in [5, 5.41) is 0. The third-order valence-corrected chi connectivity index (χ3v) is 6.26. The number of ether oxygens (including phenoxy) is 1. The third-order valence-electron chi connectivity index (χ3n) is 6.26. The molecule has 3 aliphatic rings. The van der Waals surface area contributed by atoms with Crippen LogP contribution in [-0.2, 0) is 19.1 Å². The van der Waals surface area contributed by atoms with Gasteiger partial charge in [-0.1, -0.05) is 38.1 Å². The average molecular weight is 438 g/mol. The number of nitrogens with zero attached hydrogens (tertiary/aromatic N) is 2. The molecule has 8 heteroatoms. The van der Waals surface area contributed by atoms with Crippen LogP contribution >= 0.6 is 0 Å². The van der Waals surface area contributed by atoms with Crippen LogP contribution in [0.15, 0.2) is 36.4 Å². The average Bonchev–Trinajstić information content (AvgIpc) is 3.17. The zero-order valence-corrected chi connectivity index (χ0v) is 18.2. The van der Waals surface area contributed by atoms with Crippen LogP contribution < -0.4 is 0 Å². The maximum Gasteiger partial charge on any atom is 0.329 e. The quantitative estimate of drug-likeness (QED) is 0.367. The highest BCUT2D eigenvalue weighted by Gasteiger charge is 2.51. The second kappa shape index (κ2) is 8.68. The highest BCUT2D eigenvalue weighted by atomic mass is 16.5. The minimum absolute atomic E-state index is 0.0464. The van der Waals surface area contributed by atoms with Crippen molar-refractivity contribution in [3.63, 3.8) is 0 Å². The number of imide groups is 2. The molecule has 8 nitrogen and oxygen atoms in total. The minimum atomic E-state index is -1.01. The number of benzene rings is 1. The first-order valence-corrected chi connectivity index (χ1v) is 10.9. The van der Waals surface area contributed by atoms with Crippen molar-refractivity contribution in [3.8, 4) is 0 Å². The molecule has 2 aliphatic heterocycles. The Balaban J connectivity index is 1.42. The van der Waals surface area contributed by atoms with Gasteiger partial charge in [-0.05, 0) is 37.3 Å². The number of amides is 4. The van der Waals surface area contributed by atoms with Gasteiger partial charge in [0.1, 0.15) is 12.6 Å². The van der Waals surface area contributed by atoms with Gasteiger partial charge in [0.25, 0.3) is 11.8 Å². The lowest BCUT2D eigenvalue weighted by Crippen LogP contribution is -2.47. The number of hydrogen-bond acceptors (Lipinski definition) is 6. The van der Waals surface area contributed by atoms with Gasteiger partial charge in [0.15, 0.2) is 0 Å². The molecule has 1 saturated heterocycles. The highest BCUT2D eigenvalue weighted by molar-refractivity contribution is 6.21. The Labute approximate surface area is 186 Å². The van der Waals surface area contributed by atoms with Gasteiger partial charge < -0.3 is 4.74 Å². The first kappa shape index (κ1) is 21.9. The lowest BCUT2D eigenvalue weighted by molar-refractivity contribution is -0.159. The van der Waals surface area contributed by atoms with E-state index in [0.717, 1.165) is 9.80 Å². The Morgan fingerprint density at radius 1 is 0.969 bits per heavy atom. The van der Waals surface area contributed by atoms with Crippen LogP contribution in [0.2, 0.25) is 0 Å². The largest absolute Gasteiger partial charge is 0.462 e. The SMILES string of the molecule is CC(C)CC(C(=O)OCCN1C(=O)c2ccccc2C1=O)N1C(=O)C2CC=CCC2C1=O. The number of carbonyl (C=O) groups is 5. The van der Waals surface area contributed by atoms with Gasteiger partial charge in [0.2, 0.25) is 11.8 Å². The van der Waals surface area contributed by atoms with E-state index >= 15 is 0 Å². The fourth-order valence-corrected chi connectivity index (χ4v) is 4.66. The van der Waals surface area contributed by atoms with Crippen LogP contribution in [0.4, 0.5) is 0 Å². The van der Waals surface area contributed by atoms with E-state index in [0.29, 0.717) is 24.0 Å². The number of esters is 1. The Morgan fingerprint density at radius 2 is 1.50 bits per heavy atom. The Morgan fingerprint density at radius 3 is 2.00 bits per heavy atom. The molecule has 1 aliphatic carbocycles. The number of likely N-dealkylation sites (tertiary alicyclic amines) is 1. The molecule has 1 aromatic rings. The molecule has 0 spiro atoms. The maximum absolute atomic E-state index is 12.9. The predicted molar refractivity (Wildman–Crippen MR) is 113 cm³/mol. The minimum Gasteiger partial charge on any atom is -0.462 e. The summed E-state index contributed by atoms with van der Waals surface area (Å²) in [6.45, 7) is 3.50. The molecule has 2 heterocycles. The molecule has 4 amide bonds. The summed E-state index contributed by atoms with van der Waals surface area (Å²) in [5.41, 5.74) is 0.650. The topological polar surface area (TPSA) is 101 Å². The molecule has 4 rings (SSSR count). The summed E-state index contributed by atoms with van der Waals surface area (Å²) in [4.78, 5) is 65.9. The molecular weight excluding hydrogens is 412 g/mol. The summed E-state index contributed by atoms with van der Waals surface area (Å²) in [7, 11) is 0. The first-order chi connectivity index (χ1) is 15.3. The van der Waals surface area contributed by atoms with Gasteiger partial charge >= 0.3 is 5.97 Å². The number of hydrogen-bond donors (Lipinski definition) is 0. The van der Waals surface area contributed by atoms with Crippen LogP contribution in [0.3, 0.4) is 0 Å². The Bertz CT molecular complexity index is 952. The summed E-state index contributed by atoms with van der Waals surface area (Å²) in [5.74, 6) is -3.00. The maximum atomic E-state index is 12.9. The molecular formula is C24H26N2O6. The van der Waals surface area contributed by atoms with E-state index < -0.39 is 35.7 Å². The lowest BCUT2D eigenvalue weighted by atomic mass is 9.85. The molecule has 0 saturated carbocycles. The van der Waals surface area contributed by atoms with E-state index in [2.05, 4.69) is 0 Å².